The number of carboxylic acids is 1. The molecule has 1 N–H and O–H groups in total. The summed E-state index contributed by atoms with van der Waals surface area (Å²) in [7, 11) is 1.58. The normalized spacial score (nSPS) is 12.0. The number of carbonyl (C=O) groups is 1. The molecule has 0 amide bonds. The molecule has 32 heavy (non-hydrogen) atoms. The Morgan fingerprint density at radius 2 is 1.66 bits per heavy atom. The minimum atomic E-state index is -1.25. The monoisotopic (exact) mass is 439 g/mol. The molecule has 0 bridgehead atoms. The maximum atomic E-state index is 15.4. The van der Waals surface area contributed by atoms with E-state index in [0.717, 1.165) is 34.4 Å². The van der Waals surface area contributed by atoms with Crippen LogP contribution in [0.1, 0.15) is 25.0 Å². The van der Waals surface area contributed by atoms with Crippen molar-refractivity contribution in [1.82, 2.24) is 0 Å². The van der Waals surface area contributed by atoms with E-state index < -0.39 is 29.6 Å². The molecule has 3 rings (SSSR count). The van der Waals surface area contributed by atoms with Gasteiger partial charge in [0.2, 0.25) is 0 Å². The van der Waals surface area contributed by atoms with Crippen LogP contribution in [-0.2, 0) is 4.79 Å². The van der Waals surface area contributed by atoms with Crippen LogP contribution in [0, 0.1) is 31.4 Å². The zero-order valence-electron chi connectivity index (χ0n) is 18.8. The zero-order valence-corrected chi connectivity index (χ0v) is 18.8. The van der Waals surface area contributed by atoms with E-state index in [-0.39, 0.29) is 11.4 Å². The van der Waals surface area contributed by atoms with Crippen molar-refractivity contribution in [2.24, 2.45) is 5.92 Å². The molecule has 0 fully saturated rings. The van der Waals surface area contributed by atoms with E-state index in [1.807, 2.05) is 56.3 Å². The predicted molar refractivity (Wildman–Crippen MR) is 123 cm³/mol. The maximum Gasteiger partial charge on any atom is 0.345 e. The molecule has 6 heteroatoms. The largest absolute Gasteiger partial charge is 0.478 e. The van der Waals surface area contributed by atoms with E-state index in [2.05, 4.69) is 0 Å². The van der Waals surface area contributed by atoms with Crippen molar-refractivity contribution in [2.75, 3.05) is 11.9 Å². The smallest absolute Gasteiger partial charge is 0.345 e. The molecule has 0 saturated carbocycles. The third-order valence-corrected chi connectivity index (χ3v) is 5.58. The zero-order chi connectivity index (χ0) is 23.6. The third-order valence-electron chi connectivity index (χ3n) is 5.58. The summed E-state index contributed by atoms with van der Waals surface area (Å²) in [6.07, 6.45) is -1.25. The average Bonchev–Trinajstić information content (AvgIpc) is 2.75. The van der Waals surface area contributed by atoms with Gasteiger partial charge in [0.1, 0.15) is 11.5 Å². The Hall–Kier alpha value is -3.41. The highest BCUT2D eigenvalue weighted by molar-refractivity contribution is 5.77. The highest BCUT2D eigenvalue weighted by atomic mass is 19.1. The van der Waals surface area contributed by atoms with Gasteiger partial charge in [-0.05, 0) is 54.3 Å². The third kappa shape index (κ3) is 4.59. The second-order valence-corrected chi connectivity index (χ2v) is 8.19. The van der Waals surface area contributed by atoms with Crippen LogP contribution in [0.2, 0.25) is 0 Å². The Bertz CT molecular complexity index is 1130. The number of benzene rings is 3. The standard InChI is InChI=1S/C26H27F2NO3/c1-15(2)25(26(30)31)32-22-12-11-20(27)24(23(22)28)29(5)21-14-19(13-16(3)17(21)4)18-9-7-6-8-10-18/h6-15,25H,1-5H3,(H,30,31). The first-order chi connectivity index (χ1) is 15.1. The van der Waals surface area contributed by atoms with E-state index in [0.29, 0.717) is 5.69 Å². The summed E-state index contributed by atoms with van der Waals surface area (Å²) < 4.78 is 35.7. The van der Waals surface area contributed by atoms with E-state index in [1.54, 1.807) is 20.9 Å². The molecule has 1 atom stereocenters. The van der Waals surface area contributed by atoms with E-state index in [4.69, 9.17) is 4.74 Å². The summed E-state index contributed by atoms with van der Waals surface area (Å²) in [5.74, 6) is -3.62. The molecule has 1 unspecified atom stereocenters. The van der Waals surface area contributed by atoms with Gasteiger partial charge in [-0.2, -0.15) is 0 Å². The fourth-order valence-electron chi connectivity index (χ4n) is 3.64. The van der Waals surface area contributed by atoms with E-state index >= 15 is 4.39 Å². The number of aryl methyl sites for hydroxylation is 1. The molecule has 0 aliphatic carbocycles. The maximum absolute atomic E-state index is 15.4. The van der Waals surface area contributed by atoms with E-state index in [9.17, 15) is 14.3 Å². The fraction of sp³-hybridized carbons (Fsp3) is 0.269. The summed E-state index contributed by atoms with van der Waals surface area (Å²) >= 11 is 0. The predicted octanol–water partition coefficient (Wildman–Crippen LogP) is 6.50. The van der Waals surface area contributed by atoms with Crippen LogP contribution in [0.4, 0.5) is 20.2 Å². The highest BCUT2D eigenvalue weighted by Crippen LogP contribution is 2.38. The summed E-state index contributed by atoms with van der Waals surface area (Å²) in [5, 5.41) is 9.38. The van der Waals surface area contributed by atoms with Crippen LogP contribution in [0.3, 0.4) is 0 Å². The lowest BCUT2D eigenvalue weighted by Crippen LogP contribution is -2.32. The topological polar surface area (TPSA) is 49.8 Å². The van der Waals surface area contributed by atoms with Gasteiger partial charge < -0.3 is 14.7 Å². The van der Waals surface area contributed by atoms with Crippen LogP contribution in [0.25, 0.3) is 11.1 Å². The molecule has 3 aromatic rings. The summed E-state index contributed by atoms with van der Waals surface area (Å²) in [6, 6.07) is 15.9. The second kappa shape index (κ2) is 9.39. The first kappa shape index (κ1) is 23.3. The van der Waals surface area contributed by atoms with Gasteiger partial charge in [-0.1, -0.05) is 50.2 Å². The highest BCUT2D eigenvalue weighted by Gasteiger charge is 2.27. The number of rotatable bonds is 7. The van der Waals surface area contributed by atoms with Crippen LogP contribution in [-0.4, -0.2) is 24.2 Å². The minimum absolute atomic E-state index is 0.303. The molecule has 0 aliphatic heterocycles. The van der Waals surface area contributed by atoms with Crippen molar-refractivity contribution in [2.45, 2.75) is 33.8 Å². The van der Waals surface area contributed by atoms with Crippen molar-refractivity contribution in [3.05, 3.63) is 77.4 Å². The summed E-state index contributed by atoms with van der Waals surface area (Å²) in [5.41, 5.74) is 4.11. The number of anilines is 2. The van der Waals surface area contributed by atoms with Gasteiger partial charge in [-0.15, -0.1) is 0 Å². The number of aliphatic carboxylic acids is 1. The van der Waals surface area contributed by atoms with Gasteiger partial charge >= 0.3 is 5.97 Å². The molecule has 4 nitrogen and oxygen atoms in total. The quantitative estimate of drug-likeness (QED) is 0.456. The number of hydrogen-bond acceptors (Lipinski definition) is 3. The van der Waals surface area contributed by atoms with Gasteiger partial charge in [-0.3, -0.25) is 0 Å². The second-order valence-electron chi connectivity index (χ2n) is 8.19. The Morgan fingerprint density at radius 3 is 2.25 bits per heavy atom. The van der Waals surface area contributed by atoms with E-state index in [1.165, 1.54) is 4.90 Å². The molecule has 0 saturated heterocycles. The molecule has 168 valence electrons. The first-order valence-corrected chi connectivity index (χ1v) is 10.4. The Kier molecular flexibility index (Phi) is 6.82. The Labute approximate surface area is 187 Å². The SMILES string of the molecule is Cc1cc(-c2ccccc2)cc(N(C)c2c(F)ccc(OC(C(=O)O)C(C)C)c2F)c1C. The van der Waals surface area contributed by atoms with Crippen molar-refractivity contribution in [3.63, 3.8) is 0 Å². The lowest BCUT2D eigenvalue weighted by Gasteiger charge is -2.26. The number of nitrogens with zero attached hydrogens (tertiary/aromatic N) is 1. The van der Waals surface area contributed by atoms with Gasteiger partial charge in [0.15, 0.2) is 17.7 Å². The lowest BCUT2D eigenvalue weighted by atomic mass is 9.98. The summed E-state index contributed by atoms with van der Waals surface area (Å²) in [6.45, 7) is 7.17. The van der Waals surface area contributed by atoms with Gasteiger partial charge in [-0.25, -0.2) is 13.6 Å². The van der Waals surface area contributed by atoms with Crippen molar-refractivity contribution < 1.29 is 23.4 Å². The van der Waals surface area contributed by atoms with Crippen molar-refractivity contribution >= 4 is 17.3 Å². The number of ether oxygens (including phenoxy) is 1. The first-order valence-electron chi connectivity index (χ1n) is 10.4. The average molecular weight is 440 g/mol. The van der Waals surface area contributed by atoms with Gasteiger partial charge in [0.25, 0.3) is 0 Å². The van der Waals surface area contributed by atoms with Gasteiger partial charge in [0, 0.05) is 18.7 Å². The Balaban J connectivity index is 2.09. The molecular weight excluding hydrogens is 412 g/mol. The van der Waals surface area contributed by atoms with Crippen molar-refractivity contribution in [1.29, 1.82) is 0 Å². The molecule has 3 aromatic carbocycles. The molecule has 0 spiro atoms. The van der Waals surface area contributed by atoms with Crippen LogP contribution in [0.15, 0.2) is 54.6 Å². The minimum Gasteiger partial charge on any atom is -0.478 e. The van der Waals surface area contributed by atoms with Crippen LogP contribution in [0.5, 0.6) is 5.75 Å². The lowest BCUT2D eigenvalue weighted by molar-refractivity contribution is -0.147. The number of carboxylic acid groups (broad SMARTS) is 1. The molecule has 0 heterocycles. The molecule has 0 radical (unpaired) electrons. The summed E-state index contributed by atoms with van der Waals surface area (Å²) in [4.78, 5) is 12.9. The molecule has 0 aliphatic rings. The Morgan fingerprint density at radius 1 is 1.00 bits per heavy atom. The fourth-order valence-corrected chi connectivity index (χ4v) is 3.64. The molecule has 0 aromatic heterocycles. The number of hydrogen-bond donors (Lipinski definition) is 1. The molecular formula is C26H27F2NO3. The van der Waals surface area contributed by atoms with Crippen molar-refractivity contribution in [3.8, 4) is 16.9 Å². The van der Waals surface area contributed by atoms with Gasteiger partial charge in [0.05, 0.1) is 0 Å². The van der Waals surface area contributed by atoms with Crippen LogP contribution >= 0.6 is 0 Å². The number of halogens is 2. The van der Waals surface area contributed by atoms with Crippen LogP contribution < -0.4 is 9.64 Å².